The molecule has 18 heavy (non-hydrogen) atoms. The van der Waals surface area contributed by atoms with Crippen LogP contribution < -0.4 is 0 Å². The number of nitrogens with zero attached hydrogens (tertiary/aromatic N) is 4. The largest absolute Gasteiger partial charge is 0.329 e. The van der Waals surface area contributed by atoms with Gasteiger partial charge >= 0.3 is 0 Å². The van der Waals surface area contributed by atoms with E-state index in [2.05, 4.69) is 34.0 Å². The van der Waals surface area contributed by atoms with Crippen LogP contribution in [0.15, 0.2) is 49.2 Å². The van der Waals surface area contributed by atoms with Crippen LogP contribution in [0.2, 0.25) is 0 Å². The van der Waals surface area contributed by atoms with Crippen molar-refractivity contribution in [1.82, 2.24) is 19.5 Å². The first-order valence-corrected chi connectivity index (χ1v) is 5.87. The molecule has 0 saturated carbocycles. The monoisotopic (exact) mass is 237 g/mol. The second-order valence-electron chi connectivity index (χ2n) is 4.12. The number of rotatable bonds is 3. The first-order valence-electron chi connectivity index (χ1n) is 5.87. The van der Waals surface area contributed by atoms with Gasteiger partial charge in [-0.1, -0.05) is 37.3 Å². The second kappa shape index (κ2) is 4.56. The summed E-state index contributed by atoms with van der Waals surface area (Å²) in [7, 11) is 0. The molecular formula is C14H13N4. The minimum atomic E-state index is 0.180. The van der Waals surface area contributed by atoms with Crippen LogP contribution >= 0.6 is 0 Å². The molecule has 0 fully saturated rings. The summed E-state index contributed by atoms with van der Waals surface area (Å²) in [4.78, 5) is 12.5. The molecule has 1 atom stereocenters. The van der Waals surface area contributed by atoms with Crippen molar-refractivity contribution < 1.29 is 0 Å². The van der Waals surface area contributed by atoms with Crippen LogP contribution in [-0.4, -0.2) is 19.5 Å². The summed E-state index contributed by atoms with van der Waals surface area (Å²) in [6.45, 7) is 4.02. The molecule has 89 valence electrons. The van der Waals surface area contributed by atoms with Crippen molar-refractivity contribution >= 4 is 0 Å². The van der Waals surface area contributed by atoms with Crippen LogP contribution in [0.4, 0.5) is 0 Å². The number of hydrogen-bond donors (Lipinski definition) is 0. The fourth-order valence-electron chi connectivity index (χ4n) is 2.09. The lowest BCUT2D eigenvalue weighted by Crippen LogP contribution is -2.11. The van der Waals surface area contributed by atoms with E-state index in [0.29, 0.717) is 5.82 Å². The van der Waals surface area contributed by atoms with E-state index in [1.807, 2.05) is 29.0 Å². The Hall–Kier alpha value is -2.23. The van der Waals surface area contributed by atoms with Gasteiger partial charge in [0.05, 0.1) is 12.4 Å². The second-order valence-corrected chi connectivity index (χ2v) is 4.12. The van der Waals surface area contributed by atoms with Crippen molar-refractivity contribution in [2.45, 2.75) is 12.5 Å². The van der Waals surface area contributed by atoms with Crippen molar-refractivity contribution in [3.63, 3.8) is 0 Å². The van der Waals surface area contributed by atoms with Gasteiger partial charge in [-0.25, -0.2) is 15.0 Å². The van der Waals surface area contributed by atoms with Gasteiger partial charge in [0, 0.05) is 6.20 Å². The Morgan fingerprint density at radius 2 is 1.94 bits per heavy atom. The summed E-state index contributed by atoms with van der Waals surface area (Å²) in [6.07, 6.45) is 6.05. The first-order chi connectivity index (χ1) is 8.88. The van der Waals surface area contributed by atoms with E-state index in [1.54, 1.807) is 6.33 Å². The van der Waals surface area contributed by atoms with Crippen LogP contribution in [0.5, 0.6) is 0 Å². The van der Waals surface area contributed by atoms with Crippen molar-refractivity contribution in [1.29, 1.82) is 0 Å². The van der Waals surface area contributed by atoms with Gasteiger partial charge in [-0.3, -0.25) is 0 Å². The molecule has 4 nitrogen and oxygen atoms in total. The molecule has 0 N–H and O–H groups in total. The van der Waals surface area contributed by atoms with E-state index in [4.69, 9.17) is 0 Å². The third-order valence-corrected chi connectivity index (χ3v) is 3.01. The highest BCUT2D eigenvalue weighted by Gasteiger charge is 2.13. The SMILES string of the molecule is [CH2]CC(c1ccccc1)n1cnc2ncnc-2c1. The number of hydrogen-bond acceptors (Lipinski definition) is 3. The maximum absolute atomic E-state index is 4.30. The fraction of sp³-hybridized carbons (Fsp3) is 0.143. The van der Waals surface area contributed by atoms with Gasteiger partial charge in [0.2, 0.25) is 0 Å². The molecular weight excluding hydrogens is 224 g/mol. The summed E-state index contributed by atoms with van der Waals surface area (Å²) < 4.78 is 2.04. The Labute approximate surface area is 106 Å². The summed E-state index contributed by atoms with van der Waals surface area (Å²) in [5.41, 5.74) is 2.03. The Kier molecular flexibility index (Phi) is 2.76. The standard InChI is InChI=1S/C14H13N4/c1-2-13(11-6-4-3-5-7-11)18-8-12-14(17-10-18)16-9-15-12/h3-10,13H,1-2H2. The number of aromatic nitrogens is 4. The first kappa shape index (κ1) is 10.9. The highest BCUT2D eigenvalue weighted by molar-refractivity contribution is 5.47. The molecule has 2 heterocycles. The van der Waals surface area contributed by atoms with Gasteiger partial charge in [-0.05, 0) is 12.0 Å². The van der Waals surface area contributed by atoms with E-state index in [1.165, 1.54) is 11.9 Å². The van der Waals surface area contributed by atoms with Crippen LogP contribution in [0.25, 0.3) is 11.5 Å². The van der Waals surface area contributed by atoms with Crippen molar-refractivity contribution in [2.24, 2.45) is 0 Å². The lowest BCUT2D eigenvalue weighted by atomic mass is 10.0. The van der Waals surface area contributed by atoms with E-state index >= 15 is 0 Å². The topological polar surface area (TPSA) is 43.6 Å². The van der Waals surface area contributed by atoms with Crippen LogP contribution in [0.3, 0.4) is 0 Å². The lowest BCUT2D eigenvalue weighted by molar-refractivity contribution is 0.576. The molecule has 0 bridgehead atoms. The summed E-state index contributed by atoms with van der Waals surface area (Å²) in [6, 6.07) is 10.5. The highest BCUT2D eigenvalue weighted by Crippen LogP contribution is 2.23. The number of imidazole rings is 1. The smallest absolute Gasteiger partial charge is 0.182 e. The third kappa shape index (κ3) is 1.86. The molecule has 0 amide bonds. The molecule has 1 aromatic carbocycles. The number of fused-ring (bicyclic) bond motifs is 1. The van der Waals surface area contributed by atoms with Crippen molar-refractivity contribution in [3.8, 4) is 11.5 Å². The molecule has 1 radical (unpaired) electrons. The maximum Gasteiger partial charge on any atom is 0.182 e. The quantitative estimate of drug-likeness (QED) is 0.703. The lowest BCUT2D eigenvalue weighted by Gasteiger charge is -2.19. The van der Waals surface area contributed by atoms with E-state index < -0.39 is 0 Å². The molecule has 0 spiro atoms. The molecule has 0 aliphatic carbocycles. The van der Waals surface area contributed by atoms with Crippen molar-refractivity contribution in [3.05, 3.63) is 61.7 Å². The number of benzene rings is 1. The van der Waals surface area contributed by atoms with E-state index in [9.17, 15) is 0 Å². The average molecular weight is 237 g/mol. The summed E-state index contributed by atoms with van der Waals surface area (Å²) in [5.74, 6) is 0.683. The normalized spacial score (nSPS) is 12.7. The Balaban J connectivity index is 2.04. The summed E-state index contributed by atoms with van der Waals surface area (Å²) >= 11 is 0. The minimum absolute atomic E-state index is 0.180. The van der Waals surface area contributed by atoms with Gasteiger partial charge in [-0.2, -0.15) is 0 Å². The Morgan fingerprint density at radius 3 is 2.72 bits per heavy atom. The fourth-order valence-corrected chi connectivity index (χ4v) is 2.09. The third-order valence-electron chi connectivity index (χ3n) is 3.01. The minimum Gasteiger partial charge on any atom is -0.329 e. The molecule has 2 aliphatic heterocycles. The maximum atomic E-state index is 4.30. The zero-order valence-corrected chi connectivity index (χ0v) is 9.90. The van der Waals surface area contributed by atoms with Gasteiger partial charge in [0.1, 0.15) is 12.0 Å². The van der Waals surface area contributed by atoms with Gasteiger partial charge < -0.3 is 4.57 Å². The molecule has 2 aliphatic rings. The Bertz CT molecular complexity index is 602. The predicted molar refractivity (Wildman–Crippen MR) is 69.0 cm³/mol. The van der Waals surface area contributed by atoms with Gasteiger partial charge in [0.15, 0.2) is 5.82 Å². The molecule has 0 aromatic heterocycles. The van der Waals surface area contributed by atoms with Gasteiger partial charge in [0.25, 0.3) is 0 Å². The van der Waals surface area contributed by atoms with Gasteiger partial charge in [-0.15, -0.1) is 0 Å². The average Bonchev–Trinajstić information content (AvgIpc) is 2.88. The molecule has 1 unspecified atom stereocenters. The molecule has 3 rings (SSSR count). The predicted octanol–water partition coefficient (Wildman–Crippen LogP) is 2.59. The highest BCUT2D eigenvalue weighted by atomic mass is 15.1. The zero-order valence-electron chi connectivity index (χ0n) is 9.90. The zero-order chi connectivity index (χ0) is 12.4. The van der Waals surface area contributed by atoms with E-state index in [0.717, 1.165) is 12.1 Å². The van der Waals surface area contributed by atoms with Crippen molar-refractivity contribution in [2.75, 3.05) is 0 Å². The van der Waals surface area contributed by atoms with Crippen LogP contribution in [0.1, 0.15) is 18.0 Å². The molecule has 4 heteroatoms. The van der Waals surface area contributed by atoms with E-state index in [-0.39, 0.29) is 6.04 Å². The van der Waals surface area contributed by atoms with Crippen LogP contribution in [0, 0.1) is 6.92 Å². The van der Waals surface area contributed by atoms with Crippen LogP contribution in [-0.2, 0) is 0 Å². The Morgan fingerprint density at radius 1 is 1.11 bits per heavy atom. The summed E-state index contributed by atoms with van der Waals surface area (Å²) in [5, 5.41) is 0. The molecule has 1 aromatic rings. The molecule has 0 saturated heterocycles.